The van der Waals surface area contributed by atoms with Crippen LogP contribution in [0.1, 0.15) is 4.88 Å². The van der Waals surface area contributed by atoms with E-state index in [4.69, 9.17) is 11.1 Å². The van der Waals surface area contributed by atoms with Gasteiger partial charge in [-0.15, -0.1) is 47.9 Å². The van der Waals surface area contributed by atoms with Crippen molar-refractivity contribution in [3.63, 3.8) is 0 Å². The molecule has 0 bridgehead atoms. The molecular weight excluding hydrogens is 235 g/mol. The molecule has 0 aliphatic carbocycles. The smallest absolute Gasteiger partial charge is 0.134 e. The zero-order valence-corrected chi connectivity index (χ0v) is 9.63. The predicted octanol–water partition coefficient (Wildman–Crippen LogP) is 2.60. The lowest BCUT2D eigenvalue weighted by molar-refractivity contribution is 1.41. The van der Waals surface area contributed by atoms with Crippen molar-refractivity contribution in [2.24, 2.45) is 5.73 Å². The number of thiophene rings is 1. The lowest BCUT2D eigenvalue weighted by Crippen LogP contribution is -2.09. The minimum absolute atomic E-state index is 0. The zero-order valence-electron chi connectivity index (χ0n) is 6.37. The van der Waals surface area contributed by atoms with Crippen LogP contribution in [-0.4, -0.2) is 12.1 Å². The Morgan fingerprint density at radius 1 is 1.58 bits per heavy atom. The molecule has 1 aromatic heterocycles. The number of nitrogen functional groups attached to an aromatic ring is 1. The van der Waals surface area contributed by atoms with Crippen molar-refractivity contribution in [3.05, 3.63) is 16.3 Å². The fraction of sp³-hybridized carbons (Fsp3) is 0.167. The minimum Gasteiger partial charge on any atom is -0.383 e. The Bertz CT molecular complexity index is 249. The Kier molecular flexibility index (Phi) is 8.04. The first-order valence-electron chi connectivity index (χ1n) is 2.71. The second-order valence-electron chi connectivity index (χ2n) is 1.73. The second-order valence-corrected chi connectivity index (χ2v) is 3.50. The van der Waals surface area contributed by atoms with Gasteiger partial charge in [0.15, 0.2) is 0 Å². The highest BCUT2D eigenvalue weighted by molar-refractivity contribution is 7.98. The van der Waals surface area contributed by atoms with Crippen molar-refractivity contribution in [3.8, 4) is 0 Å². The summed E-state index contributed by atoms with van der Waals surface area (Å²) in [6.45, 7) is 0. The van der Waals surface area contributed by atoms with Crippen LogP contribution in [0.3, 0.4) is 0 Å². The van der Waals surface area contributed by atoms with Crippen molar-refractivity contribution >= 4 is 53.7 Å². The van der Waals surface area contributed by atoms with Gasteiger partial charge in [0.25, 0.3) is 0 Å². The van der Waals surface area contributed by atoms with Crippen LogP contribution in [0, 0.1) is 5.41 Å². The highest BCUT2D eigenvalue weighted by Gasteiger charge is 2.03. The van der Waals surface area contributed by atoms with E-state index in [0.717, 1.165) is 9.77 Å². The van der Waals surface area contributed by atoms with Crippen molar-refractivity contribution in [1.29, 1.82) is 5.41 Å². The SMILES string of the molecule is CSc1ccsc1C(=N)N.Cl.Cl. The van der Waals surface area contributed by atoms with E-state index in [-0.39, 0.29) is 30.6 Å². The van der Waals surface area contributed by atoms with Crippen LogP contribution in [0.25, 0.3) is 0 Å². The number of thioether (sulfide) groups is 1. The first-order valence-corrected chi connectivity index (χ1v) is 4.82. The molecule has 0 amide bonds. The van der Waals surface area contributed by atoms with E-state index in [1.807, 2.05) is 17.7 Å². The number of nitrogens with two attached hydrogens (primary N) is 1. The molecule has 1 rings (SSSR count). The van der Waals surface area contributed by atoms with Gasteiger partial charge in [-0.05, 0) is 17.7 Å². The second kappa shape index (κ2) is 6.60. The monoisotopic (exact) mass is 244 g/mol. The van der Waals surface area contributed by atoms with Gasteiger partial charge in [-0.2, -0.15) is 0 Å². The fourth-order valence-corrected chi connectivity index (χ4v) is 2.29. The molecule has 70 valence electrons. The molecule has 1 heterocycles. The van der Waals surface area contributed by atoms with E-state index in [1.165, 1.54) is 11.3 Å². The summed E-state index contributed by atoms with van der Waals surface area (Å²) in [6.07, 6.45) is 1.98. The van der Waals surface area contributed by atoms with Gasteiger partial charge in [-0.1, -0.05) is 0 Å². The van der Waals surface area contributed by atoms with Crippen LogP contribution in [-0.2, 0) is 0 Å². The predicted molar refractivity (Wildman–Crippen MR) is 61.6 cm³/mol. The Morgan fingerprint density at radius 2 is 2.17 bits per heavy atom. The third-order valence-electron chi connectivity index (χ3n) is 1.09. The number of hydrogen-bond acceptors (Lipinski definition) is 3. The summed E-state index contributed by atoms with van der Waals surface area (Å²) < 4.78 is 0. The van der Waals surface area contributed by atoms with E-state index >= 15 is 0 Å². The topological polar surface area (TPSA) is 49.9 Å². The Balaban J connectivity index is 0. The van der Waals surface area contributed by atoms with E-state index in [0.29, 0.717) is 0 Å². The molecule has 0 radical (unpaired) electrons. The number of hydrogen-bond donors (Lipinski definition) is 2. The maximum Gasteiger partial charge on any atom is 0.134 e. The number of rotatable bonds is 2. The van der Waals surface area contributed by atoms with Gasteiger partial charge in [-0.25, -0.2) is 0 Å². The van der Waals surface area contributed by atoms with E-state index in [1.54, 1.807) is 11.8 Å². The molecule has 12 heavy (non-hydrogen) atoms. The Labute approximate surface area is 92.3 Å². The van der Waals surface area contributed by atoms with E-state index < -0.39 is 0 Å². The molecule has 0 aromatic carbocycles. The first-order chi connectivity index (χ1) is 4.75. The molecular formula is C6H10Cl2N2S2. The lowest BCUT2D eigenvalue weighted by Gasteiger charge is -1.94. The van der Waals surface area contributed by atoms with Crippen LogP contribution >= 0.6 is 47.9 Å². The lowest BCUT2D eigenvalue weighted by atomic mass is 10.4. The number of nitrogens with one attached hydrogen (secondary N) is 1. The highest BCUT2D eigenvalue weighted by Crippen LogP contribution is 2.24. The van der Waals surface area contributed by atoms with E-state index in [2.05, 4.69) is 0 Å². The molecule has 3 N–H and O–H groups in total. The van der Waals surface area contributed by atoms with Crippen molar-refractivity contribution < 1.29 is 0 Å². The third-order valence-corrected chi connectivity index (χ3v) is 2.95. The van der Waals surface area contributed by atoms with Gasteiger partial charge in [0.1, 0.15) is 5.84 Å². The third kappa shape index (κ3) is 3.23. The van der Waals surface area contributed by atoms with E-state index in [9.17, 15) is 0 Å². The van der Waals surface area contributed by atoms with Crippen LogP contribution < -0.4 is 5.73 Å². The Hall–Kier alpha value is 0.1000. The van der Waals surface area contributed by atoms with Gasteiger partial charge in [-0.3, -0.25) is 5.41 Å². The van der Waals surface area contributed by atoms with Crippen molar-refractivity contribution in [2.45, 2.75) is 4.90 Å². The molecule has 0 saturated carbocycles. The summed E-state index contributed by atoms with van der Waals surface area (Å²) >= 11 is 3.13. The van der Waals surface area contributed by atoms with Crippen LogP contribution in [0.5, 0.6) is 0 Å². The highest BCUT2D eigenvalue weighted by atomic mass is 35.5. The quantitative estimate of drug-likeness (QED) is 0.478. The summed E-state index contributed by atoms with van der Waals surface area (Å²) in [5.41, 5.74) is 5.31. The normalized spacial score (nSPS) is 8.08. The largest absolute Gasteiger partial charge is 0.383 e. The summed E-state index contributed by atoms with van der Waals surface area (Å²) in [6, 6.07) is 1.98. The van der Waals surface area contributed by atoms with Gasteiger partial charge in [0, 0.05) is 4.90 Å². The van der Waals surface area contributed by atoms with Crippen LogP contribution in [0.4, 0.5) is 0 Å². The number of amidine groups is 1. The van der Waals surface area contributed by atoms with Crippen molar-refractivity contribution in [2.75, 3.05) is 6.26 Å². The molecule has 0 aliphatic rings. The Morgan fingerprint density at radius 3 is 2.50 bits per heavy atom. The maximum absolute atomic E-state index is 7.17. The average Bonchev–Trinajstić information content (AvgIpc) is 2.33. The molecule has 0 unspecified atom stereocenters. The summed E-state index contributed by atoms with van der Waals surface area (Å²) in [7, 11) is 0. The molecule has 0 saturated heterocycles. The zero-order chi connectivity index (χ0) is 7.56. The molecule has 2 nitrogen and oxygen atoms in total. The van der Waals surface area contributed by atoms with Gasteiger partial charge in [0.2, 0.25) is 0 Å². The van der Waals surface area contributed by atoms with Crippen LogP contribution in [0.15, 0.2) is 16.3 Å². The molecule has 0 spiro atoms. The molecule has 0 fully saturated rings. The average molecular weight is 245 g/mol. The van der Waals surface area contributed by atoms with Gasteiger partial charge in [0.05, 0.1) is 4.88 Å². The summed E-state index contributed by atoms with van der Waals surface area (Å²) in [5, 5.41) is 9.12. The standard InChI is InChI=1S/C6H8N2S2.2ClH/c1-9-4-2-3-10-5(4)6(7)8;;/h2-3H,1H3,(H3,7,8);2*1H. The number of halogens is 2. The fourth-order valence-electron chi connectivity index (χ4n) is 0.655. The molecule has 0 aliphatic heterocycles. The van der Waals surface area contributed by atoms with Crippen molar-refractivity contribution in [1.82, 2.24) is 0 Å². The molecule has 0 atom stereocenters. The summed E-state index contributed by atoms with van der Waals surface area (Å²) in [4.78, 5) is 1.98. The first kappa shape index (κ1) is 14.6. The summed E-state index contributed by atoms with van der Waals surface area (Å²) in [5.74, 6) is 0.166. The molecule has 1 aromatic rings. The van der Waals surface area contributed by atoms with Gasteiger partial charge >= 0.3 is 0 Å². The van der Waals surface area contributed by atoms with Gasteiger partial charge < -0.3 is 5.73 Å². The maximum atomic E-state index is 7.17. The minimum atomic E-state index is 0. The molecule has 6 heteroatoms. The van der Waals surface area contributed by atoms with Crippen LogP contribution in [0.2, 0.25) is 0 Å².